The summed E-state index contributed by atoms with van der Waals surface area (Å²) in [5, 5.41) is 0.472. The third-order valence-corrected chi connectivity index (χ3v) is 5.31. The van der Waals surface area contributed by atoms with Crippen LogP contribution in [-0.2, 0) is 16.6 Å². The molecule has 27 heavy (non-hydrogen) atoms. The lowest BCUT2D eigenvalue weighted by atomic mass is 10.3. The molecular formula is C19H17ClN2O4S. The van der Waals surface area contributed by atoms with Crippen LogP contribution in [0.3, 0.4) is 0 Å². The summed E-state index contributed by atoms with van der Waals surface area (Å²) >= 11 is 5.78. The molecule has 6 nitrogen and oxygen atoms in total. The Balaban J connectivity index is 1.64. The first kappa shape index (κ1) is 19.2. The van der Waals surface area contributed by atoms with E-state index in [0.29, 0.717) is 22.3 Å². The third kappa shape index (κ3) is 5.19. The van der Waals surface area contributed by atoms with E-state index >= 15 is 0 Å². The lowest BCUT2D eigenvalue weighted by Crippen LogP contribution is -2.22. The number of aliphatic imine (C=N–C) groups is 1. The Hall–Kier alpha value is -2.61. The van der Waals surface area contributed by atoms with Crippen molar-refractivity contribution in [1.82, 2.24) is 4.72 Å². The van der Waals surface area contributed by atoms with Crippen LogP contribution in [0, 0.1) is 0 Å². The number of hydrogen-bond donors (Lipinski definition) is 1. The lowest BCUT2D eigenvalue weighted by molar-refractivity contribution is 0.415. The molecule has 0 radical (unpaired) electrons. The maximum atomic E-state index is 12.3. The number of ether oxygens (including phenoxy) is 1. The number of benzene rings is 2. The van der Waals surface area contributed by atoms with Crippen LogP contribution in [0.1, 0.15) is 11.5 Å². The van der Waals surface area contributed by atoms with E-state index in [4.69, 9.17) is 20.8 Å². The smallest absolute Gasteiger partial charge is 0.240 e. The van der Waals surface area contributed by atoms with Gasteiger partial charge in [0.05, 0.1) is 30.5 Å². The van der Waals surface area contributed by atoms with E-state index in [2.05, 4.69) is 9.71 Å². The fraction of sp³-hybridized carbons (Fsp3) is 0.105. The summed E-state index contributed by atoms with van der Waals surface area (Å²) in [5.74, 6) is 1.69. The van der Waals surface area contributed by atoms with E-state index in [1.807, 2.05) is 18.2 Å². The molecule has 0 aliphatic heterocycles. The number of sulfonamides is 1. The Kier molecular flexibility index (Phi) is 5.95. The molecule has 1 heterocycles. The summed E-state index contributed by atoms with van der Waals surface area (Å²) in [4.78, 5) is 4.45. The first-order chi connectivity index (χ1) is 13.0. The number of furan rings is 1. The Morgan fingerprint density at radius 3 is 2.67 bits per heavy atom. The van der Waals surface area contributed by atoms with Crippen molar-refractivity contribution < 1.29 is 17.6 Å². The molecule has 0 amide bonds. The van der Waals surface area contributed by atoms with Gasteiger partial charge in [-0.2, -0.15) is 0 Å². The first-order valence-electron chi connectivity index (χ1n) is 7.98. The summed E-state index contributed by atoms with van der Waals surface area (Å²) in [6.07, 6.45) is 1.56. The van der Waals surface area contributed by atoms with Crippen molar-refractivity contribution in [3.8, 4) is 5.75 Å². The topological polar surface area (TPSA) is 80.9 Å². The molecule has 3 rings (SSSR count). The highest BCUT2D eigenvalue weighted by atomic mass is 35.5. The molecular weight excluding hydrogens is 388 g/mol. The fourth-order valence-electron chi connectivity index (χ4n) is 2.25. The minimum atomic E-state index is -3.65. The minimum Gasteiger partial charge on any atom is -0.497 e. The van der Waals surface area contributed by atoms with Crippen LogP contribution in [0.15, 0.2) is 75.0 Å². The number of rotatable bonds is 7. The number of halogens is 1. The van der Waals surface area contributed by atoms with Gasteiger partial charge in [0.15, 0.2) is 0 Å². The quantitative estimate of drug-likeness (QED) is 0.599. The Bertz CT molecular complexity index is 1040. The number of nitrogens with one attached hydrogen (secondary N) is 1. The summed E-state index contributed by atoms with van der Waals surface area (Å²) < 4.78 is 37.7. The van der Waals surface area contributed by atoms with E-state index in [1.54, 1.807) is 31.5 Å². The second-order valence-electron chi connectivity index (χ2n) is 5.54. The van der Waals surface area contributed by atoms with Crippen LogP contribution >= 0.6 is 11.6 Å². The first-order valence-corrected chi connectivity index (χ1v) is 9.84. The van der Waals surface area contributed by atoms with Crippen molar-refractivity contribution >= 4 is 33.5 Å². The van der Waals surface area contributed by atoms with Gasteiger partial charge in [-0.15, -0.1) is 0 Å². The third-order valence-electron chi connectivity index (χ3n) is 3.64. The molecule has 0 saturated heterocycles. The normalized spacial score (nSPS) is 11.8. The van der Waals surface area contributed by atoms with Crippen LogP contribution in [-0.4, -0.2) is 21.7 Å². The molecule has 8 heteroatoms. The summed E-state index contributed by atoms with van der Waals surface area (Å²) in [6.45, 7) is 0.0258. The van der Waals surface area contributed by atoms with Gasteiger partial charge in [0.1, 0.15) is 17.3 Å². The van der Waals surface area contributed by atoms with E-state index < -0.39 is 10.0 Å². The van der Waals surface area contributed by atoms with Crippen LogP contribution in [0.2, 0.25) is 5.02 Å². The molecule has 3 aromatic rings. The van der Waals surface area contributed by atoms with Crippen LogP contribution in [0.25, 0.3) is 0 Å². The molecule has 0 saturated carbocycles. The zero-order valence-corrected chi connectivity index (χ0v) is 16.0. The molecule has 0 fully saturated rings. The maximum Gasteiger partial charge on any atom is 0.240 e. The average molecular weight is 405 g/mol. The molecule has 0 bridgehead atoms. The fourth-order valence-corrected chi connectivity index (χ4v) is 3.37. The number of hydrogen-bond acceptors (Lipinski definition) is 5. The van der Waals surface area contributed by atoms with Gasteiger partial charge in [0, 0.05) is 11.1 Å². The van der Waals surface area contributed by atoms with Crippen LogP contribution < -0.4 is 9.46 Å². The van der Waals surface area contributed by atoms with E-state index in [9.17, 15) is 8.42 Å². The van der Waals surface area contributed by atoms with E-state index in [1.165, 1.54) is 24.3 Å². The molecule has 0 spiro atoms. The standard InChI is InChI=1S/C19H17ClN2O4S/c1-25-16-4-2-3-15(11-16)21-12-17-7-8-18(26-17)13-22-27(23,24)19-9-5-14(20)6-10-19/h2-12,22H,13H2,1H3. The highest BCUT2D eigenvalue weighted by Gasteiger charge is 2.14. The summed E-state index contributed by atoms with van der Waals surface area (Å²) in [6, 6.07) is 16.6. The van der Waals surface area contributed by atoms with Crippen molar-refractivity contribution in [2.24, 2.45) is 4.99 Å². The summed E-state index contributed by atoms with van der Waals surface area (Å²) in [5.41, 5.74) is 0.718. The van der Waals surface area contributed by atoms with Crippen LogP contribution in [0.4, 0.5) is 5.69 Å². The van der Waals surface area contributed by atoms with E-state index in [0.717, 1.165) is 5.69 Å². The van der Waals surface area contributed by atoms with E-state index in [-0.39, 0.29) is 11.4 Å². The number of nitrogens with zero attached hydrogens (tertiary/aromatic N) is 1. The monoisotopic (exact) mass is 404 g/mol. The summed E-state index contributed by atoms with van der Waals surface area (Å²) in [7, 11) is -2.06. The molecule has 1 N–H and O–H groups in total. The zero-order valence-electron chi connectivity index (χ0n) is 14.4. The van der Waals surface area contributed by atoms with Crippen molar-refractivity contribution in [1.29, 1.82) is 0 Å². The van der Waals surface area contributed by atoms with Crippen LogP contribution in [0.5, 0.6) is 5.75 Å². The average Bonchev–Trinajstić information content (AvgIpc) is 3.13. The molecule has 0 unspecified atom stereocenters. The van der Waals surface area contributed by atoms with Gasteiger partial charge < -0.3 is 9.15 Å². The molecule has 0 aliphatic rings. The number of methoxy groups -OCH3 is 1. The second kappa shape index (κ2) is 8.39. The Morgan fingerprint density at radius 2 is 1.93 bits per heavy atom. The predicted octanol–water partition coefficient (Wildman–Crippen LogP) is 4.17. The predicted molar refractivity (Wildman–Crippen MR) is 104 cm³/mol. The minimum absolute atomic E-state index is 0.0258. The second-order valence-corrected chi connectivity index (χ2v) is 7.75. The van der Waals surface area contributed by atoms with Crippen molar-refractivity contribution in [2.75, 3.05) is 7.11 Å². The van der Waals surface area contributed by atoms with Crippen molar-refractivity contribution in [3.05, 3.63) is 77.2 Å². The molecule has 0 aliphatic carbocycles. The largest absolute Gasteiger partial charge is 0.497 e. The van der Waals surface area contributed by atoms with Gasteiger partial charge in [-0.25, -0.2) is 13.1 Å². The highest BCUT2D eigenvalue weighted by Crippen LogP contribution is 2.20. The van der Waals surface area contributed by atoms with Gasteiger partial charge in [-0.05, 0) is 48.5 Å². The van der Waals surface area contributed by atoms with Gasteiger partial charge in [-0.1, -0.05) is 17.7 Å². The molecule has 140 valence electrons. The maximum absolute atomic E-state index is 12.3. The molecule has 2 aromatic carbocycles. The van der Waals surface area contributed by atoms with Crippen molar-refractivity contribution in [3.63, 3.8) is 0 Å². The zero-order chi connectivity index (χ0) is 19.3. The van der Waals surface area contributed by atoms with Crippen molar-refractivity contribution in [2.45, 2.75) is 11.4 Å². The van der Waals surface area contributed by atoms with Gasteiger partial charge in [0.2, 0.25) is 10.0 Å². The Labute approximate surface area is 162 Å². The van der Waals surface area contributed by atoms with Gasteiger partial charge in [-0.3, -0.25) is 4.99 Å². The Morgan fingerprint density at radius 1 is 1.15 bits per heavy atom. The van der Waals surface area contributed by atoms with Gasteiger partial charge in [0.25, 0.3) is 0 Å². The lowest BCUT2D eigenvalue weighted by Gasteiger charge is -2.05. The SMILES string of the molecule is COc1cccc(N=Cc2ccc(CNS(=O)(=O)c3ccc(Cl)cc3)o2)c1. The molecule has 0 atom stereocenters. The molecule has 1 aromatic heterocycles. The van der Waals surface area contributed by atoms with Gasteiger partial charge >= 0.3 is 0 Å². The highest BCUT2D eigenvalue weighted by molar-refractivity contribution is 7.89.